The summed E-state index contributed by atoms with van der Waals surface area (Å²) in [4.78, 5) is 0. The zero-order valence-corrected chi connectivity index (χ0v) is 17.7. The first kappa shape index (κ1) is 17.7. The molecule has 142 valence electrons. The summed E-state index contributed by atoms with van der Waals surface area (Å²) in [6.07, 6.45) is 0. The van der Waals surface area contributed by atoms with E-state index in [2.05, 4.69) is 103 Å². The number of hydrogen-bond acceptors (Lipinski definition) is 1. The van der Waals surface area contributed by atoms with E-state index < -0.39 is 0 Å². The van der Waals surface area contributed by atoms with Gasteiger partial charge in [0.1, 0.15) is 0 Å². The van der Waals surface area contributed by atoms with E-state index >= 15 is 0 Å². The van der Waals surface area contributed by atoms with Crippen molar-refractivity contribution < 1.29 is 0 Å². The fraction of sp³-hybridized carbons (Fsp3) is 0. The normalized spacial score (nSPS) is 11.5. The molecule has 0 radical (unpaired) electrons. The van der Waals surface area contributed by atoms with Crippen molar-refractivity contribution in [2.24, 2.45) is 0 Å². The molecule has 30 heavy (non-hydrogen) atoms. The first-order chi connectivity index (χ1) is 14.8. The second-order valence-electron chi connectivity index (χ2n) is 7.50. The smallest absolute Gasteiger partial charge is 0.0577 e. The highest BCUT2D eigenvalue weighted by Gasteiger charge is 2.13. The van der Waals surface area contributed by atoms with Gasteiger partial charge >= 0.3 is 0 Å². The number of halogens is 1. The molecule has 0 bridgehead atoms. The van der Waals surface area contributed by atoms with Gasteiger partial charge in [0.25, 0.3) is 0 Å². The Bertz CT molecular complexity index is 1540. The summed E-state index contributed by atoms with van der Waals surface area (Å²) < 4.78 is 2.51. The Balaban J connectivity index is 1.48. The van der Waals surface area contributed by atoms with Crippen LogP contribution in [0, 0.1) is 0 Å². The van der Waals surface area contributed by atoms with E-state index in [-0.39, 0.29) is 0 Å². The van der Waals surface area contributed by atoms with Crippen molar-refractivity contribution in [3.63, 3.8) is 0 Å². The van der Waals surface area contributed by atoms with Gasteiger partial charge in [-0.25, -0.2) is 0 Å². The van der Waals surface area contributed by atoms with Gasteiger partial charge in [-0.05, 0) is 39.6 Å². The number of rotatable bonds is 2. The maximum atomic E-state index is 6.94. The second kappa shape index (κ2) is 6.98. The third-order valence-electron chi connectivity index (χ3n) is 5.78. The molecule has 6 rings (SSSR count). The molecule has 0 nitrogen and oxygen atoms in total. The van der Waals surface area contributed by atoms with E-state index in [1.807, 2.05) is 0 Å². The Morgan fingerprint density at radius 3 is 2.00 bits per heavy atom. The molecule has 0 fully saturated rings. The van der Waals surface area contributed by atoms with Gasteiger partial charge in [0.2, 0.25) is 0 Å². The molecule has 0 saturated heterocycles. The largest absolute Gasteiger partial charge is 0.135 e. The molecule has 0 aliphatic carbocycles. The molecule has 0 aliphatic rings. The Hall–Kier alpha value is -3.13. The van der Waals surface area contributed by atoms with Crippen molar-refractivity contribution in [2.75, 3.05) is 0 Å². The molecular weight excluding hydrogens is 404 g/mol. The Morgan fingerprint density at radius 1 is 0.500 bits per heavy atom. The van der Waals surface area contributed by atoms with Gasteiger partial charge in [0, 0.05) is 25.7 Å². The van der Waals surface area contributed by atoms with Crippen molar-refractivity contribution >= 4 is 53.9 Å². The summed E-state index contributed by atoms with van der Waals surface area (Å²) in [5.41, 5.74) is 4.69. The fourth-order valence-electron chi connectivity index (χ4n) is 4.30. The van der Waals surface area contributed by atoms with Crippen molar-refractivity contribution in [3.8, 4) is 22.3 Å². The van der Waals surface area contributed by atoms with E-state index in [0.717, 1.165) is 21.5 Å². The van der Waals surface area contributed by atoms with Crippen molar-refractivity contribution in [2.45, 2.75) is 0 Å². The van der Waals surface area contributed by atoms with Crippen LogP contribution in [0.3, 0.4) is 0 Å². The van der Waals surface area contributed by atoms with Crippen LogP contribution < -0.4 is 0 Å². The van der Waals surface area contributed by atoms with Gasteiger partial charge in [-0.1, -0.05) is 103 Å². The Kier molecular flexibility index (Phi) is 4.12. The minimum Gasteiger partial charge on any atom is -0.135 e. The van der Waals surface area contributed by atoms with E-state index in [9.17, 15) is 0 Å². The highest BCUT2D eigenvalue weighted by Crippen LogP contribution is 2.42. The van der Waals surface area contributed by atoms with Crippen LogP contribution in [0.5, 0.6) is 0 Å². The van der Waals surface area contributed by atoms with Gasteiger partial charge in [0.05, 0.1) is 5.02 Å². The third kappa shape index (κ3) is 2.74. The lowest BCUT2D eigenvalue weighted by molar-refractivity contribution is 1.62. The minimum atomic E-state index is 0.836. The monoisotopic (exact) mass is 420 g/mol. The summed E-state index contributed by atoms with van der Waals surface area (Å²) in [7, 11) is 0. The van der Waals surface area contributed by atoms with Crippen LogP contribution in [0.15, 0.2) is 103 Å². The van der Waals surface area contributed by atoms with Crippen LogP contribution in [0.2, 0.25) is 5.02 Å². The zero-order valence-electron chi connectivity index (χ0n) is 16.1. The van der Waals surface area contributed by atoms with Crippen molar-refractivity contribution in [1.82, 2.24) is 0 Å². The van der Waals surface area contributed by atoms with E-state index in [1.165, 1.54) is 36.7 Å². The van der Waals surface area contributed by atoms with Crippen LogP contribution in [0.1, 0.15) is 0 Å². The summed E-state index contributed by atoms with van der Waals surface area (Å²) in [6.45, 7) is 0. The number of thiophene rings is 1. The molecule has 0 amide bonds. The number of hydrogen-bond donors (Lipinski definition) is 0. The molecular formula is C28H17ClS. The second-order valence-corrected chi connectivity index (χ2v) is 8.96. The minimum absolute atomic E-state index is 0.836. The highest BCUT2D eigenvalue weighted by atomic mass is 35.5. The lowest BCUT2D eigenvalue weighted by Crippen LogP contribution is -1.84. The average Bonchev–Trinajstić information content (AvgIpc) is 3.19. The van der Waals surface area contributed by atoms with Crippen LogP contribution in [0.4, 0.5) is 0 Å². The molecule has 1 heterocycles. The van der Waals surface area contributed by atoms with Gasteiger partial charge in [-0.3, -0.25) is 0 Å². The number of benzene rings is 5. The lowest BCUT2D eigenvalue weighted by Gasteiger charge is -2.10. The van der Waals surface area contributed by atoms with Crippen molar-refractivity contribution in [1.29, 1.82) is 0 Å². The molecule has 0 atom stereocenters. The predicted octanol–water partition coefficient (Wildman–Crippen LogP) is 9.20. The SMILES string of the molecule is Clc1c(-c2ccc(-c3cccc4ccccc34)cc2)ccc2sc3ccccc3c12. The Morgan fingerprint density at radius 2 is 1.17 bits per heavy atom. The maximum absolute atomic E-state index is 6.94. The summed E-state index contributed by atoms with van der Waals surface area (Å²) in [5, 5.41) is 5.77. The van der Waals surface area contributed by atoms with Crippen LogP contribution in [-0.4, -0.2) is 0 Å². The van der Waals surface area contributed by atoms with E-state index in [4.69, 9.17) is 11.6 Å². The maximum Gasteiger partial charge on any atom is 0.0577 e. The average molecular weight is 421 g/mol. The molecule has 0 aliphatic heterocycles. The summed E-state index contributed by atoms with van der Waals surface area (Å²) in [6, 6.07) is 36.6. The zero-order chi connectivity index (χ0) is 20.1. The molecule has 6 aromatic rings. The quantitative estimate of drug-likeness (QED) is 0.262. The summed E-state index contributed by atoms with van der Waals surface area (Å²) in [5.74, 6) is 0. The van der Waals surface area contributed by atoms with Gasteiger partial charge in [-0.15, -0.1) is 11.3 Å². The van der Waals surface area contributed by atoms with Gasteiger partial charge in [0.15, 0.2) is 0 Å². The van der Waals surface area contributed by atoms with Crippen LogP contribution >= 0.6 is 22.9 Å². The molecule has 0 N–H and O–H groups in total. The van der Waals surface area contributed by atoms with Crippen molar-refractivity contribution in [3.05, 3.63) is 108 Å². The van der Waals surface area contributed by atoms with Crippen LogP contribution in [-0.2, 0) is 0 Å². The summed E-state index contributed by atoms with van der Waals surface area (Å²) >= 11 is 8.73. The van der Waals surface area contributed by atoms with Crippen LogP contribution in [0.25, 0.3) is 53.2 Å². The Labute approximate surface area is 184 Å². The molecule has 0 spiro atoms. The molecule has 1 aromatic heterocycles. The molecule has 5 aromatic carbocycles. The van der Waals surface area contributed by atoms with E-state index in [0.29, 0.717) is 0 Å². The molecule has 2 heteroatoms. The molecule has 0 unspecified atom stereocenters. The highest BCUT2D eigenvalue weighted by molar-refractivity contribution is 7.26. The standard InChI is InChI=1S/C28H17ClS/c29-28-23(16-17-26-27(28)24-9-3-4-11-25(24)30-26)20-14-12-19(13-15-20)22-10-5-7-18-6-1-2-8-21(18)22/h1-17H. The fourth-order valence-corrected chi connectivity index (χ4v) is 5.85. The first-order valence-electron chi connectivity index (χ1n) is 9.98. The topological polar surface area (TPSA) is 0 Å². The lowest BCUT2D eigenvalue weighted by atomic mass is 9.96. The number of fused-ring (bicyclic) bond motifs is 4. The van der Waals surface area contributed by atoms with Gasteiger partial charge in [-0.2, -0.15) is 0 Å². The van der Waals surface area contributed by atoms with Gasteiger partial charge < -0.3 is 0 Å². The first-order valence-corrected chi connectivity index (χ1v) is 11.2. The molecule has 0 saturated carbocycles. The van der Waals surface area contributed by atoms with E-state index in [1.54, 1.807) is 11.3 Å². The predicted molar refractivity (Wildman–Crippen MR) is 133 cm³/mol. The third-order valence-corrected chi connectivity index (χ3v) is 7.31.